The summed E-state index contributed by atoms with van der Waals surface area (Å²) in [5, 5.41) is 13.9. The van der Waals surface area contributed by atoms with Crippen LogP contribution < -0.4 is 15.0 Å². The number of carbonyl (C=O) groups excluding carboxylic acids is 1. The van der Waals surface area contributed by atoms with E-state index in [1.54, 1.807) is 0 Å². The fourth-order valence-electron chi connectivity index (χ4n) is 3.77. The Morgan fingerprint density at radius 1 is 1.00 bits per heavy atom. The predicted octanol–water partition coefficient (Wildman–Crippen LogP) is 6.40. The number of carbonyl (C=O) groups is 1. The van der Waals surface area contributed by atoms with Crippen LogP contribution in [0.4, 0.5) is 34.6 Å². The number of amides is 1. The molecule has 0 atom stereocenters. The second-order valence-corrected chi connectivity index (χ2v) is 7.85. The van der Waals surface area contributed by atoms with E-state index in [4.69, 9.17) is 4.74 Å². The minimum Gasteiger partial charge on any atom is -0.452 e. The highest BCUT2D eigenvalue weighted by Crippen LogP contribution is 2.38. The second-order valence-electron chi connectivity index (χ2n) is 7.85. The summed E-state index contributed by atoms with van der Waals surface area (Å²) in [5.74, 6) is -2.13. The maximum atomic E-state index is 14.0. The van der Waals surface area contributed by atoms with Crippen LogP contribution in [0.15, 0.2) is 60.7 Å². The van der Waals surface area contributed by atoms with E-state index >= 15 is 0 Å². The number of halogens is 4. The Labute approximate surface area is 197 Å². The van der Waals surface area contributed by atoms with Crippen molar-refractivity contribution in [1.82, 2.24) is 0 Å². The Morgan fingerprint density at radius 3 is 2.37 bits per heavy atom. The topological polar surface area (TPSA) is 84.7 Å². The highest BCUT2D eigenvalue weighted by molar-refractivity contribution is 6.06. The van der Waals surface area contributed by atoms with Gasteiger partial charge in [-0.15, -0.1) is 0 Å². The number of nitrogens with zero attached hydrogens (tertiary/aromatic N) is 2. The number of benzene rings is 3. The summed E-state index contributed by atoms with van der Waals surface area (Å²) in [6.45, 7) is 1.29. The Hall–Kier alpha value is -4.15. The number of nitrogens with one attached hydrogen (secondary N) is 1. The summed E-state index contributed by atoms with van der Waals surface area (Å²) < 4.78 is 59.3. The van der Waals surface area contributed by atoms with Crippen molar-refractivity contribution >= 4 is 23.0 Å². The standard InChI is InChI=1S/C24H19F4N3O4/c25-17-5-1-2-6-21(17)35-22-10-8-16(24(26,27)28)14-18(22)29-23(32)15-7-9-19(20(13-15)31(33)34)30-11-3-4-12-30/h1-2,5-10,13-14H,3-4,11-12H2,(H,29,32). The zero-order valence-electron chi connectivity index (χ0n) is 18.1. The van der Waals surface area contributed by atoms with Crippen LogP contribution in [-0.2, 0) is 6.18 Å². The van der Waals surface area contributed by atoms with Gasteiger partial charge in [0.1, 0.15) is 5.69 Å². The molecule has 1 N–H and O–H groups in total. The third-order valence-corrected chi connectivity index (χ3v) is 5.49. The Morgan fingerprint density at radius 2 is 1.71 bits per heavy atom. The number of hydrogen-bond donors (Lipinski definition) is 1. The van der Waals surface area contributed by atoms with Crippen LogP contribution in [0.3, 0.4) is 0 Å². The van der Waals surface area contributed by atoms with E-state index in [0.29, 0.717) is 24.8 Å². The molecule has 182 valence electrons. The van der Waals surface area contributed by atoms with Gasteiger partial charge in [-0.3, -0.25) is 14.9 Å². The Kier molecular flexibility index (Phi) is 6.59. The van der Waals surface area contributed by atoms with Crippen molar-refractivity contribution in [1.29, 1.82) is 0 Å². The number of hydrogen-bond acceptors (Lipinski definition) is 5. The summed E-state index contributed by atoms with van der Waals surface area (Å²) in [7, 11) is 0. The largest absolute Gasteiger partial charge is 0.452 e. The van der Waals surface area contributed by atoms with Crippen LogP contribution >= 0.6 is 0 Å². The van der Waals surface area contributed by atoms with E-state index in [2.05, 4.69) is 5.32 Å². The minimum absolute atomic E-state index is 0.131. The maximum Gasteiger partial charge on any atom is 0.416 e. The molecule has 1 aliphatic rings. The number of para-hydroxylation sites is 1. The molecular formula is C24H19F4N3O4. The number of rotatable bonds is 6. The van der Waals surface area contributed by atoms with Crippen molar-refractivity contribution < 1.29 is 32.0 Å². The molecule has 1 aliphatic heterocycles. The van der Waals surface area contributed by atoms with E-state index in [0.717, 1.165) is 37.1 Å². The molecule has 4 rings (SSSR count). The maximum absolute atomic E-state index is 14.0. The molecule has 0 spiro atoms. The normalized spacial score (nSPS) is 13.5. The molecule has 0 saturated carbocycles. The van der Waals surface area contributed by atoms with E-state index in [-0.39, 0.29) is 28.4 Å². The van der Waals surface area contributed by atoms with E-state index in [1.165, 1.54) is 30.3 Å². The lowest BCUT2D eigenvalue weighted by Crippen LogP contribution is -2.20. The molecule has 7 nitrogen and oxygen atoms in total. The molecule has 0 unspecified atom stereocenters. The van der Waals surface area contributed by atoms with Crippen molar-refractivity contribution in [3.63, 3.8) is 0 Å². The highest BCUT2D eigenvalue weighted by atomic mass is 19.4. The number of nitro benzene ring substituents is 1. The SMILES string of the molecule is O=C(Nc1cc(C(F)(F)F)ccc1Oc1ccccc1F)c1ccc(N2CCCC2)c([N+](=O)[O-])c1. The van der Waals surface area contributed by atoms with Gasteiger partial charge in [0.25, 0.3) is 11.6 Å². The molecule has 0 bridgehead atoms. The van der Waals surface area contributed by atoms with Crippen LogP contribution in [0.25, 0.3) is 0 Å². The lowest BCUT2D eigenvalue weighted by atomic mass is 10.1. The molecule has 3 aromatic rings. The van der Waals surface area contributed by atoms with Crippen molar-refractivity contribution in [3.8, 4) is 11.5 Å². The van der Waals surface area contributed by atoms with Gasteiger partial charge in [0.2, 0.25) is 0 Å². The third kappa shape index (κ3) is 5.34. The van der Waals surface area contributed by atoms with Gasteiger partial charge in [0.05, 0.1) is 16.2 Å². The molecule has 1 heterocycles. The molecule has 0 aliphatic carbocycles. The summed E-state index contributed by atoms with van der Waals surface area (Å²) >= 11 is 0. The first-order valence-corrected chi connectivity index (χ1v) is 10.6. The van der Waals surface area contributed by atoms with Crippen LogP contribution in [0, 0.1) is 15.9 Å². The zero-order valence-corrected chi connectivity index (χ0v) is 18.1. The molecule has 0 radical (unpaired) electrons. The van der Waals surface area contributed by atoms with Gasteiger partial charge in [-0.1, -0.05) is 12.1 Å². The van der Waals surface area contributed by atoms with Crippen molar-refractivity contribution in [2.24, 2.45) is 0 Å². The van der Waals surface area contributed by atoms with Gasteiger partial charge in [0.15, 0.2) is 17.3 Å². The van der Waals surface area contributed by atoms with E-state index < -0.39 is 28.4 Å². The number of anilines is 2. The quantitative estimate of drug-likeness (QED) is 0.246. The van der Waals surface area contributed by atoms with Gasteiger partial charge in [-0.25, -0.2) is 4.39 Å². The summed E-state index contributed by atoms with van der Waals surface area (Å²) in [6.07, 6.45) is -2.94. The van der Waals surface area contributed by atoms with Crippen LogP contribution in [0.1, 0.15) is 28.8 Å². The molecule has 0 aromatic heterocycles. The van der Waals surface area contributed by atoms with E-state index in [9.17, 15) is 32.5 Å². The molecule has 1 saturated heterocycles. The first-order valence-electron chi connectivity index (χ1n) is 10.6. The Bertz CT molecular complexity index is 1270. The summed E-state index contributed by atoms with van der Waals surface area (Å²) in [6, 6.07) is 11.5. The summed E-state index contributed by atoms with van der Waals surface area (Å²) in [5.41, 5.74) is -1.49. The highest BCUT2D eigenvalue weighted by Gasteiger charge is 2.32. The van der Waals surface area contributed by atoms with Crippen molar-refractivity contribution in [2.45, 2.75) is 19.0 Å². The predicted molar refractivity (Wildman–Crippen MR) is 120 cm³/mol. The van der Waals surface area contributed by atoms with E-state index in [1.807, 2.05) is 4.90 Å². The molecule has 1 fully saturated rings. The zero-order chi connectivity index (χ0) is 25.2. The number of alkyl halides is 3. The monoisotopic (exact) mass is 489 g/mol. The molecule has 11 heteroatoms. The number of ether oxygens (including phenoxy) is 1. The lowest BCUT2D eigenvalue weighted by Gasteiger charge is -2.18. The molecule has 1 amide bonds. The fraction of sp³-hybridized carbons (Fsp3) is 0.208. The molecule has 3 aromatic carbocycles. The van der Waals surface area contributed by atoms with Gasteiger partial charge < -0.3 is 15.0 Å². The van der Waals surface area contributed by atoms with Crippen LogP contribution in [0.2, 0.25) is 0 Å². The van der Waals surface area contributed by atoms with Gasteiger partial charge in [0, 0.05) is 24.7 Å². The molecule has 35 heavy (non-hydrogen) atoms. The van der Waals surface area contributed by atoms with Crippen molar-refractivity contribution in [3.05, 3.63) is 87.7 Å². The number of nitro groups is 1. The first-order chi connectivity index (χ1) is 16.6. The van der Waals surface area contributed by atoms with Crippen LogP contribution in [-0.4, -0.2) is 23.9 Å². The second kappa shape index (κ2) is 9.61. The molecular weight excluding hydrogens is 470 g/mol. The first kappa shape index (κ1) is 24.0. The van der Waals surface area contributed by atoms with Gasteiger partial charge in [-0.05, 0) is 55.3 Å². The minimum atomic E-state index is -4.72. The average Bonchev–Trinajstić information content (AvgIpc) is 3.35. The van der Waals surface area contributed by atoms with Crippen LogP contribution in [0.5, 0.6) is 11.5 Å². The Balaban J connectivity index is 1.67. The lowest BCUT2D eigenvalue weighted by molar-refractivity contribution is -0.384. The summed E-state index contributed by atoms with van der Waals surface area (Å²) in [4.78, 5) is 25.7. The third-order valence-electron chi connectivity index (χ3n) is 5.49. The smallest absolute Gasteiger partial charge is 0.416 e. The van der Waals surface area contributed by atoms with Gasteiger partial charge >= 0.3 is 6.18 Å². The average molecular weight is 489 g/mol. The van der Waals surface area contributed by atoms with Gasteiger partial charge in [-0.2, -0.15) is 13.2 Å². The fourth-order valence-corrected chi connectivity index (χ4v) is 3.77. The van der Waals surface area contributed by atoms with Crippen molar-refractivity contribution in [2.75, 3.05) is 23.3 Å².